The van der Waals surface area contributed by atoms with Crippen LogP contribution in [0.2, 0.25) is 10.6 Å². The van der Waals surface area contributed by atoms with Crippen LogP contribution < -0.4 is 25.0 Å². The van der Waals surface area contributed by atoms with Crippen molar-refractivity contribution in [1.29, 1.82) is 0 Å². The number of hydrogen-bond donors (Lipinski definition) is 5. The molecule has 23 heteroatoms. The van der Waals surface area contributed by atoms with Crippen molar-refractivity contribution < 1.29 is 44.0 Å². The highest BCUT2D eigenvalue weighted by Gasteiger charge is 2.26. The first-order chi connectivity index (χ1) is 28.3. The zero-order valence-electron chi connectivity index (χ0n) is 31.0. The van der Waals surface area contributed by atoms with Crippen molar-refractivity contribution in [2.24, 2.45) is 0 Å². The van der Waals surface area contributed by atoms with Gasteiger partial charge in [0.15, 0.2) is 4.86 Å². The summed E-state index contributed by atoms with van der Waals surface area (Å²) in [6.07, 6.45) is 4.03. The maximum atomic E-state index is 12.8. The van der Waals surface area contributed by atoms with Crippen molar-refractivity contribution in [2.75, 3.05) is 23.9 Å². The SMILES string of the molecule is CCN(Cc1cccc(S(=O)(=O)O)c1)c1ccc2nc3ccc(=[N+]=C4C=CC(Nc5nc(Cl)nc(Cl)n5)=CC4=S(=O)(O)O)cc-3n(-c3ccc(S(=O)(=O)O)c(OC)c3)c2c1. The minimum Gasteiger partial charge on any atom is -0.495 e. The Labute approximate surface area is 352 Å². The first-order valence-corrected chi connectivity index (χ1v) is 22.4. The molecule has 7 rings (SSSR count). The summed E-state index contributed by atoms with van der Waals surface area (Å²) in [6, 6.07) is 20.3. The Balaban J connectivity index is 1.44. The number of nitrogens with zero attached hydrogens (tertiary/aromatic N) is 7. The molecule has 0 bridgehead atoms. The van der Waals surface area contributed by atoms with Crippen molar-refractivity contribution in [3.8, 4) is 22.8 Å². The zero-order valence-corrected chi connectivity index (χ0v) is 35.0. The second kappa shape index (κ2) is 16.4. The Kier molecular flexibility index (Phi) is 11.6. The van der Waals surface area contributed by atoms with Crippen LogP contribution in [-0.2, 0) is 36.9 Å². The second-order valence-corrected chi connectivity index (χ2v) is 17.8. The molecule has 3 aromatic carbocycles. The Morgan fingerprint density at radius 1 is 0.833 bits per heavy atom. The van der Waals surface area contributed by atoms with Gasteiger partial charge in [-0.2, -0.15) is 31.8 Å². The molecule has 18 nitrogen and oxygen atoms in total. The molecule has 0 radical (unpaired) electrons. The number of nitrogens with one attached hydrogen (secondary N) is 1. The molecule has 0 fully saturated rings. The van der Waals surface area contributed by atoms with E-state index >= 15 is 0 Å². The summed E-state index contributed by atoms with van der Waals surface area (Å²) < 4.78 is 113. The van der Waals surface area contributed by atoms with Gasteiger partial charge in [0.05, 0.1) is 46.2 Å². The number of anilines is 2. The minimum atomic E-state index is -4.69. The van der Waals surface area contributed by atoms with Crippen molar-refractivity contribution >= 4 is 86.8 Å². The number of benzene rings is 4. The predicted molar refractivity (Wildman–Crippen MR) is 226 cm³/mol. The van der Waals surface area contributed by atoms with E-state index in [4.69, 9.17) is 32.9 Å². The van der Waals surface area contributed by atoms with Gasteiger partial charge in [0.25, 0.3) is 20.2 Å². The standard InChI is InChI=1S/C37H30Cl2N8O10S3/c1-3-46(20-21-5-4-6-26(15-21)58(48,49)50)24-9-13-28-31(18-24)47(25-10-14-33(59(51,52)53)32(19-25)57-2)30-16-22(7-11-27(30)42-28)40-29-12-8-23(17-34(29)60(54,55)56)41-37-44-35(38)43-36(39)45-37/h4-19H,3,20H2,1-2H3,(H4,41,42,43,44,45,48,49,50,51,52,53,54,55,56)/p+1. The summed E-state index contributed by atoms with van der Waals surface area (Å²) in [7, 11) is -12.5. The van der Waals surface area contributed by atoms with E-state index in [-0.39, 0.29) is 50.5 Å². The second-order valence-electron chi connectivity index (χ2n) is 12.9. The number of rotatable bonds is 10. The van der Waals surface area contributed by atoms with Crippen LogP contribution in [0.4, 0.5) is 11.6 Å². The lowest BCUT2D eigenvalue weighted by Crippen LogP contribution is -2.27. The van der Waals surface area contributed by atoms with E-state index in [2.05, 4.69) is 24.9 Å². The Bertz CT molecular complexity index is 3220. The molecule has 2 aliphatic carbocycles. The molecule has 0 atom stereocenters. The molecule has 0 saturated carbocycles. The third-order valence-corrected chi connectivity index (χ3v) is 12.0. The molecule has 0 amide bonds. The summed E-state index contributed by atoms with van der Waals surface area (Å²) in [5, 5.41) is 2.62. The highest BCUT2D eigenvalue weighted by Crippen LogP contribution is 2.34. The average Bonchev–Trinajstić information content (AvgIpc) is 3.18. The first kappa shape index (κ1) is 42.4. The predicted octanol–water partition coefficient (Wildman–Crippen LogP) is 4.53. The number of hydrogen-bond acceptors (Lipinski definition) is 12. The monoisotopic (exact) mass is 913 g/mol. The van der Waals surface area contributed by atoms with E-state index in [1.165, 1.54) is 61.7 Å². The van der Waals surface area contributed by atoms with Gasteiger partial charge in [0.2, 0.25) is 26.6 Å². The number of fused-ring (bicyclic) bond motifs is 2. The van der Waals surface area contributed by atoms with Gasteiger partial charge < -0.3 is 19.5 Å². The van der Waals surface area contributed by atoms with Crippen LogP contribution in [0.3, 0.4) is 0 Å². The number of methoxy groups -OCH3 is 1. The Morgan fingerprint density at radius 2 is 1.58 bits per heavy atom. The Hall–Kier alpha value is -5.71. The van der Waals surface area contributed by atoms with Crippen molar-refractivity contribution in [3.63, 3.8) is 0 Å². The van der Waals surface area contributed by atoms with Crippen molar-refractivity contribution in [3.05, 3.63) is 124 Å². The van der Waals surface area contributed by atoms with Gasteiger partial charge in [0, 0.05) is 42.7 Å². The fourth-order valence-electron chi connectivity index (χ4n) is 6.34. The molecule has 4 aromatic rings. The summed E-state index contributed by atoms with van der Waals surface area (Å²) >= 11 is 11.7. The number of aromatic nitrogens is 5. The smallest absolute Gasteiger partial charge is 0.347 e. The van der Waals surface area contributed by atoms with Crippen molar-refractivity contribution in [1.82, 2.24) is 29.2 Å². The van der Waals surface area contributed by atoms with E-state index in [1.807, 2.05) is 24.0 Å². The Morgan fingerprint density at radius 3 is 2.25 bits per heavy atom. The molecule has 1 aliphatic heterocycles. The molecule has 0 unspecified atom stereocenters. The largest absolute Gasteiger partial charge is 0.495 e. The lowest BCUT2D eigenvalue weighted by Gasteiger charge is -2.25. The number of halogens is 2. The molecule has 5 N–H and O–H groups in total. The van der Waals surface area contributed by atoms with Crippen LogP contribution in [0, 0.1) is 0 Å². The molecular weight excluding hydrogens is 884 g/mol. The fourth-order valence-corrected chi connectivity index (χ4v) is 8.56. The molecule has 60 heavy (non-hydrogen) atoms. The summed E-state index contributed by atoms with van der Waals surface area (Å²) in [6.45, 7) is 2.62. The van der Waals surface area contributed by atoms with Crippen LogP contribution in [0.15, 0.2) is 113 Å². The topological polar surface area (TPSA) is 261 Å². The molecule has 3 aliphatic rings. The summed E-state index contributed by atoms with van der Waals surface area (Å²) in [5.41, 5.74) is 3.63. The van der Waals surface area contributed by atoms with E-state index in [0.717, 1.165) is 0 Å². The highest BCUT2D eigenvalue weighted by molar-refractivity contribution is 7.93. The lowest BCUT2D eigenvalue weighted by atomic mass is 10.1. The van der Waals surface area contributed by atoms with Crippen LogP contribution in [0.1, 0.15) is 12.5 Å². The quantitative estimate of drug-likeness (QED) is 0.0547. The number of allylic oxidation sites excluding steroid dienone is 3. The van der Waals surface area contributed by atoms with E-state index < -0.39 is 40.1 Å². The van der Waals surface area contributed by atoms with Crippen LogP contribution in [0.25, 0.3) is 28.1 Å². The molecule has 310 valence electrons. The highest BCUT2D eigenvalue weighted by atomic mass is 35.5. The summed E-state index contributed by atoms with van der Waals surface area (Å²) in [5.74, 6) is -0.234. The van der Waals surface area contributed by atoms with Gasteiger partial charge >= 0.3 is 11.1 Å². The minimum absolute atomic E-state index is 0.0744. The molecule has 1 aromatic heterocycles. The molecule has 0 saturated heterocycles. The average molecular weight is 915 g/mol. The van der Waals surface area contributed by atoms with Crippen LogP contribution in [-0.4, -0.2) is 88.0 Å². The van der Waals surface area contributed by atoms with Gasteiger partial charge in [-0.3, -0.25) is 18.2 Å². The van der Waals surface area contributed by atoms with Gasteiger partial charge in [-0.25, -0.2) is 9.19 Å². The maximum absolute atomic E-state index is 12.8. The molecular formula is C37H31Cl2N8O10S3+. The van der Waals surface area contributed by atoms with Gasteiger partial charge in [-0.15, -0.1) is 0 Å². The maximum Gasteiger partial charge on any atom is 0.347 e. The third-order valence-electron chi connectivity index (χ3n) is 8.97. The molecule has 0 spiro atoms. The van der Waals surface area contributed by atoms with E-state index in [0.29, 0.717) is 45.9 Å². The van der Waals surface area contributed by atoms with Crippen LogP contribution >= 0.6 is 23.2 Å². The molecule has 2 heterocycles. The lowest BCUT2D eigenvalue weighted by molar-refractivity contribution is 0.397. The van der Waals surface area contributed by atoms with Gasteiger partial charge in [-0.1, -0.05) is 16.8 Å². The normalized spacial score (nSPS) is 13.4. The van der Waals surface area contributed by atoms with E-state index in [1.54, 1.807) is 34.9 Å². The zero-order chi connectivity index (χ0) is 43.1. The van der Waals surface area contributed by atoms with Crippen molar-refractivity contribution in [2.45, 2.75) is 23.3 Å². The number of ether oxygens (including phenoxy) is 1. The fraction of sp³-hybridized carbons (Fsp3) is 0.108. The summed E-state index contributed by atoms with van der Waals surface area (Å²) in [4.78, 5) is 17.1. The van der Waals surface area contributed by atoms with Crippen LogP contribution in [0.5, 0.6) is 5.75 Å². The third kappa shape index (κ3) is 9.20. The first-order valence-electron chi connectivity index (χ1n) is 17.3. The van der Waals surface area contributed by atoms with Gasteiger partial charge in [0.1, 0.15) is 10.6 Å². The van der Waals surface area contributed by atoms with Gasteiger partial charge in [-0.05, 0) is 96.4 Å². The van der Waals surface area contributed by atoms with E-state index in [9.17, 15) is 39.3 Å².